The average Bonchev–Trinajstić information content (AvgIpc) is 2.52. The van der Waals surface area contributed by atoms with E-state index in [2.05, 4.69) is 40.7 Å². The molecule has 0 aliphatic rings. The molecule has 0 bridgehead atoms. The molecule has 2 N–H and O–H groups in total. The van der Waals surface area contributed by atoms with Crippen LogP contribution < -0.4 is 15.4 Å². The number of hydrogen-bond donors (Lipinski definition) is 2. The smallest absolute Gasteiger partial charge is 0.118 e. The number of methoxy groups -OCH3 is 1. The molecule has 0 saturated carbocycles. The Morgan fingerprint density at radius 3 is 2.40 bits per heavy atom. The summed E-state index contributed by atoms with van der Waals surface area (Å²) in [6.45, 7) is 3.87. The molecular formula is C16H21N3O. The molecule has 1 aromatic heterocycles. The number of hydrogen-bond acceptors (Lipinski definition) is 4. The van der Waals surface area contributed by atoms with Crippen LogP contribution in [0.1, 0.15) is 18.9 Å². The van der Waals surface area contributed by atoms with Crippen LogP contribution in [0.2, 0.25) is 0 Å². The van der Waals surface area contributed by atoms with E-state index in [1.54, 1.807) is 7.11 Å². The van der Waals surface area contributed by atoms with Crippen LogP contribution in [0.5, 0.6) is 5.75 Å². The minimum Gasteiger partial charge on any atom is -0.497 e. The van der Waals surface area contributed by atoms with Gasteiger partial charge in [-0.1, -0.05) is 19.1 Å². The molecule has 0 unspecified atom stereocenters. The van der Waals surface area contributed by atoms with Crippen molar-refractivity contribution in [3.8, 4) is 5.75 Å². The fourth-order valence-electron chi connectivity index (χ4n) is 1.85. The molecule has 0 aliphatic carbocycles. The predicted octanol–water partition coefficient (Wildman–Crippen LogP) is 3.52. The average molecular weight is 271 g/mol. The zero-order valence-corrected chi connectivity index (χ0v) is 12.0. The number of nitrogens with zero attached hydrogens (tertiary/aromatic N) is 1. The van der Waals surface area contributed by atoms with E-state index < -0.39 is 0 Å². The van der Waals surface area contributed by atoms with E-state index in [9.17, 15) is 0 Å². The highest BCUT2D eigenvalue weighted by atomic mass is 16.5. The fourth-order valence-corrected chi connectivity index (χ4v) is 1.85. The summed E-state index contributed by atoms with van der Waals surface area (Å²) in [5, 5.41) is 6.70. The lowest BCUT2D eigenvalue weighted by Crippen LogP contribution is -2.03. The van der Waals surface area contributed by atoms with Gasteiger partial charge in [0, 0.05) is 13.1 Å². The first-order valence-corrected chi connectivity index (χ1v) is 6.87. The van der Waals surface area contributed by atoms with E-state index in [0.29, 0.717) is 0 Å². The molecule has 4 nitrogen and oxygen atoms in total. The van der Waals surface area contributed by atoms with Gasteiger partial charge in [0.15, 0.2) is 0 Å². The molecule has 0 atom stereocenters. The van der Waals surface area contributed by atoms with E-state index in [-0.39, 0.29) is 0 Å². The Morgan fingerprint density at radius 2 is 1.75 bits per heavy atom. The normalized spacial score (nSPS) is 10.1. The van der Waals surface area contributed by atoms with Crippen molar-refractivity contribution in [2.45, 2.75) is 19.9 Å². The summed E-state index contributed by atoms with van der Waals surface area (Å²) < 4.78 is 5.15. The molecule has 0 spiro atoms. The van der Waals surface area contributed by atoms with Gasteiger partial charge in [0.25, 0.3) is 0 Å². The molecule has 0 radical (unpaired) electrons. The quantitative estimate of drug-likeness (QED) is 0.808. The van der Waals surface area contributed by atoms with Crippen LogP contribution in [0, 0.1) is 0 Å². The summed E-state index contributed by atoms with van der Waals surface area (Å²) in [5.74, 6) is 0.876. The Morgan fingerprint density at radius 1 is 1.05 bits per heavy atom. The third-order valence-corrected chi connectivity index (χ3v) is 2.97. The largest absolute Gasteiger partial charge is 0.497 e. The van der Waals surface area contributed by atoms with Gasteiger partial charge in [0.2, 0.25) is 0 Å². The number of anilines is 2. The van der Waals surface area contributed by atoms with Crippen molar-refractivity contribution >= 4 is 11.4 Å². The van der Waals surface area contributed by atoms with Gasteiger partial charge in [0.1, 0.15) is 5.75 Å². The van der Waals surface area contributed by atoms with Crippen molar-refractivity contribution < 1.29 is 4.74 Å². The van der Waals surface area contributed by atoms with Gasteiger partial charge in [-0.15, -0.1) is 0 Å². The molecule has 20 heavy (non-hydrogen) atoms. The van der Waals surface area contributed by atoms with Gasteiger partial charge in [-0.25, -0.2) is 0 Å². The van der Waals surface area contributed by atoms with E-state index >= 15 is 0 Å². The Bertz CT molecular complexity index is 526. The first-order chi connectivity index (χ1) is 9.81. The second-order valence-electron chi connectivity index (χ2n) is 4.59. The maximum atomic E-state index is 5.15. The maximum absolute atomic E-state index is 5.15. The summed E-state index contributed by atoms with van der Waals surface area (Å²) in [4.78, 5) is 4.23. The summed E-state index contributed by atoms with van der Waals surface area (Å²) in [7, 11) is 1.67. The number of rotatable bonds is 7. The lowest BCUT2D eigenvalue weighted by Gasteiger charge is -2.09. The molecule has 106 valence electrons. The number of nitrogens with one attached hydrogen (secondary N) is 2. The monoisotopic (exact) mass is 271 g/mol. The summed E-state index contributed by atoms with van der Waals surface area (Å²) >= 11 is 0. The topological polar surface area (TPSA) is 46.2 Å². The fraction of sp³-hybridized carbons (Fsp3) is 0.312. The maximum Gasteiger partial charge on any atom is 0.118 e. The summed E-state index contributed by atoms with van der Waals surface area (Å²) in [5.41, 5.74) is 3.27. The van der Waals surface area contributed by atoms with Crippen molar-refractivity contribution in [2.24, 2.45) is 0 Å². The van der Waals surface area contributed by atoms with E-state index in [1.807, 2.05) is 24.5 Å². The van der Waals surface area contributed by atoms with Crippen molar-refractivity contribution in [2.75, 3.05) is 24.3 Å². The van der Waals surface area contributed by atoms with E-state index in [1.165, 1.54) is 5.56 Å². The Labute approximate surface area is 120 Å². The molecule has 1 heterocycles. The minimum absolute atomic E-state index is 0.767. The van der Waals surface area contributed by atoms with Gasteiger partial charge < -0.3 is 15.4 Å². The van der Waals surface area contributed by atoms with Crippen LogP contribution in [0.3, 0.4) is 0 Å². The van der Waals surface area contributed by atoms with Gasteiger partial charge in [-0.2, -0.15) is 0 Å². The molecule has 0 fully saturated rings. The second kappa shape index (κ2) is 7.38. The van der Waals surface area contributed by atoms with Gasteiger partial charge >= 0.3 is 0 Å². The molecule has 0 amide bonds. The predicted molar refractivity (Wildman–Crippen MR) is 83.3 cm³/mol. The minimum atomic E-state index is 0.767. The zero-order valence-electron chi connectivity index (χ0n) is 12.0. The summed E-state index contributed by atoms with van der Waals surface area (Å²) in [6.07, 6.45) is 4.78. The third kappa shape index (κ3) is 4.16. The third-order valence-electron chi connectivity index (χ3n) is 2.97. The molecule has 0 saturated heterocycles. The van der Waals surface area contributed by atoms with Crippen molar-refractivity contribution in [1.29, 1.82) is 0 Å². The first kappa shape index (κ1) is 14.2. The van der Waals surface area contributed by atoms with Crippen molar-refractivity contribution in [3.63, 3.8) is 0 Å². The number of benzene rings is 1. The van der Waals surface area contributed by atoms with Crippen LogP contribution in [0.25, 0.3) is 0 Å². The van der Waals surface area contributed by atoms with Crippen molar-refractivity contribution in [1.82, 2.24) is 4.98 Å². The first-order valence-electron chi connectivity index (χ1n) is 6.87. The molecule has 0 aliphatic heterocycles. The second-order valence-corrected chi connectivity index (χ2v) is 4.59. The summed E-state index contributed by atoms with van der Waals surface area (Å²) in [6, 6.07) is 10.1. The Hall–Kier alpha value is -2.23. The standard InChI is InChI=1S/C16H21N3O/c1-3-8-18-14-9-15(12-17-11-14)19-10-13-4-6-16(20-2)7-5-13/h4-7,9,11-12,18-19H,3,8,10H2,1-2H3. The number of ether oxygens (including phenoxy) is 1. The molecule has 2 rings (SSSR count). The highest BCUT2D eigenvalue weighted by molar-refractivity contribution is 5.54. The van der Waals surface area contributed by atoms with Crippen LogP contribution in [-0.2, 0) is 6.54 Å². The van der Waals surface area contributed by atoms with Crippen LogP contribution in [0.4, 0.5) is 11.4 Å². The molecular weight excluding hydrogens is 250 g/mol. The molecule has 2 aromatic rings. The highest BCUT2D eigenvalue weighted by Crippen LogP contribution is 2.15. The van der Waals surface area contributed by atoms with Gasteiger partial charge in [-0.05, 0) is 30.2 Å². The molecule has 4 heteroatoms. The SMILES string of the molecule is CCCNc1cncc(NCc2ccc(OC)cc2)c1. The lowest BCUT2D eigenvalue weighted by molar-refractivity contribution is 0.414. The lowest BCUT2D eigenvalue weighted by atomic mass is 10.2. The number of pyridine rings is 1. The van der Waals surface area contributed by atoms with Gasteiger partial charge in [-0.3, -0.25) is 4.98 Å². The van der Waals surface area contributed by atoms with Gasteiger partial charge in [0.05, 0.1) is 30.9 Å². The van der Waals surface area contributed by atoms with Crippen molar-refractivity contribution in [3.05, 3.63) is 48.3 Å². The van der Waals surface area contributed by atoms with Crippen LogP contribution >= 0.6 is 0 Å². The van der Waals surface area contributed by atoms with E-state index in [4.69, 9.17) is 4.74 Å². The van der Waals surface area contributed by atoms with Crippen LogP contribution in [0.15, 0.2) is 42.7 Å². The molecule has 1 aromatic carbocycles. The van der Waals surface area contributed by atoms with Crippen LogP contribution in [-0.4, -0.2) is 18.6 Å². The highest BCUT2D eigenvalue weighted by Gasteiger charge is 1.98. The van der Waals surface area contributed by atoms with E-state index in [0.717, 1.165) is 36.6 Å². The Balaban J connectivity index is 1.92. The Kier molecular flexibility index (Phi) is 5.24. The zero-order chi connectivity index (χ0) is 14.2. The number of aromatic nitrogens is 1.